The fourth-order valence-electron chi connectivity index (χ4n) is 1.05. The Kier molecular flexibility index (Phi) is 1.56. The van der Waals surface area contributed by atoms with Crippen LogP contribution in [-0.2, 0) is 0 Å². The maximum Gasteiger partial charge on any atom is 0.288 e. The Balaban J connectivity index is 3.09. The van der Waals surface area contributed by atoms with Gasteiger partial charge in [0.1, 0.15) is 5.52 Å². The predicted molar refractivity (Wildman–Crippen MR) is 53.8 cm³/mol. The lowest BCUT2D eigenvalue weighted by atomic mass is 10.3. The molecule has 2 aromatic heterocycles. The summed E-state index contributed by atoms with van der Waals surface area (Å²) in [6.07, 6.45) is 1.72. The smallest absolute Gasteiger partial charge is 0.288 e. The normalized spacial score (nSPS) is 10.8. The molecule has 6 heteroatoms. The van der Waals surface area contributed by atoms with Gasteiger partial charge in [-0.3, -0.25) is 4.79 Å². The molecule has 0 fully saturated rings. The summed E-state index contributed by atoms with van der Waals surface area (Å²) in [5.41, 5.74) is 5.79. The lowest BCUT2D eigenvalue weighted by Gasteiger charge is -1.93. The maximum atomic E-state index is 11.1. The minimum atomic E-state index is -0.248. The van der Waals surface area contributed by atoms with Crippen molar-refractivity contribution in [2.75, 3.05) is 5.73 Å². The summed E-state index contributed by atoms with van der Waals surface area (Å²) in [6.45, 7) is 0. The zero-order valence-electron chi connectivity index (χ0n) is 5.89. The van der Waals surface area contributed by atoms with Gasteiger partial charge in [-0.2, -0.15) is 5.10 Å². The number of halogens is 1. The van der Waals surface area contributed by atoms with E-state index in [0.29, 0.717) is 16.7 Å². The van der Waals surface area contributed by atoms with Gasteiger partial charge in [0.05, 0.1) is 5.39 Å². The van der Waals surface area contributed by atoms with Gasteiger partial charge in [0.2, 0.25) is 0 Å². The molecule has 2 heterocycles. The average Bonchev–Trinajstić information content (AvgIpc) is 2.42. The van der Waals surface area contributed by atoms with Gasteiger partial charge in [-0.15, -0.1) is 0 Å². The summed E-state index contributed by atoms with van der Waals surface area (Å²) in [5, 5.41) is 6.64. The van der Waals surface area contributed by atoms with Crippen molar-refractivity contribution in [2.45, 2.75) is 0 Å². The molecule has 0 unspecified atom stereocenters. The molecule has 0 bridgehead atoms. The number of aromatic nitrogens is 3. The topological polar surface area (TPSA) is 87.6 Å². The van der Waals surface area contributed by atoms with Crippen molar-refractivity contribution in [3.05, 3.63) is 20.1 Å². The fraction of sp³-hybridized carbons (Fsp3) is 0. The first-order valence-corrected chi connectivity index (χ1v) is 4.29. The quantitative estimate of drug-likeness (QED) is 0.610. The highest BCUT2D eigenvalue weighted by Gasteiger charge is 2.08. The van der Waals surface area contributed by atoms with E-state index in [0.717, 1.165) is 3.57 Å². The van der Waals surface area contributed by atoms with Crippen molar-refractivity contribution in [1.82, 2.24) is 15.2 Å². The first-order valence-electron chi connectivity index (χ1n) is 3.21. The van der Waals surface area contributed by atoms with Gasteiger partial charge in [0.15, 0.2) is 5.82 Å². The number of hydrogen-bond acceptors (Lipinski definition) is 3. The van der Waals surface area contributed by atoms with E-state index in [-0.39, 0.29) is 5.56 Å². The monoisotopic (exact) mass is 276 g/mol. The number of H-pyrrole nitrogens is 2. The number of aromatic amines is 2. The lowest BCUT2D eigenvalue weighted by Crippen LogP contribution is -2.10. The highest BCUT2D eigenvalue weighted by atomic mass is 127. The number of nitrogens with one attached hydrogen (secondary N) is 2. The van der Waals surface area contributed by atoms with E-state index in [1.165, 1.54) is 0 Å². The van der Waals surface area contributed by atoms with Crippen LogP contribution in [0.15, 0.2) is 11.0 Å². The number of hydrogen-bond donors (Lipinski definition) is 3. The van der Waals surface area contributed by atoms with Gasteiger partial charge in [-0.25, -0.2) is 5.10 Å². The standard InChI is InChI=1S/C6H5IN4O/c7-2-1-9-4-3(2)5(8)10-11-6(4)12/h1,9H,(H2,8,10)(H,11,12). The van der Waals surface area contributed by atoms with Gasteiger partial charge in [0, 0.05) is 9.77 Å². The van der Waals surface area contributed by atoms with E-state index >= 15 is 0 Å². The van der Waals surface area contributed by atoms with E-state index < -0.39 is 0 Å². The molecule has 2 aromatic rings. The molecule has 0 atom stereocenters. The SMILES string of the molecule is Nc1n[nH]c(=O)c2[nH]cc(I)c12. The van der Waals surface area contributed by atoms with Gasteiger partial charge >= 0.3 is 0 Å². The first kappa shape index (κ1) is 7.59. The van der Waals surface area contributed by atoms with Crippen LogP contribution < -0.4 is 11.3 Å². The summed E-state index contributed by atoms with van der Waals surface area (Å²) >= 11 is 2.09. The first-order chi connectivity index (χ1) is 5.70. The molecule has 0 aliphatic carbocycles. The van der Waals surface area contributed by atoms with Gasteiger partial charge in [0.25, 0.3) is 5.56 Å². The highest BCUT2D eigenvalue weighted by molar-refractivity contribution is 14.1. The molecule has 12 heavy (non-hydrogen) atoms. The molecule has 5 nitrogen and oxygen atoms in total. The van der Waals surface area contributed by atoms with Crippen LogP contribution in [0.2, 0.25) is 0 Å². The third kappa shape index (κ3) is 0.909. The predicted octanol–water partition coefficient (Wildman–Crippen LogP) is 0.438. The number of nitrogens with zero attached hydrogens (tertiary/aromatic N) is 1. The molecular weight excluding hydrogens is 271 g/mol. The average molecular weight is 276 g/mol. The Labute approximate surface area is 80.5 Å². The van der Waals surface area contributed by atoms with Crippen LogP contribution in [0, 0.1) is 3.57 Å². The second-order valence-corrected chi connectivity index (χ2v) is 3.49. The van der Waals surface area contributed by atoms with Crippen molar-refractivity contribution in [1.29, 1.82) is 0 Å². The minimum absolute atomic E-state index is 0.248. The van der Waals surface area contributed by atoms with Crippen LogP contribution in [0.25, 0.3) is 10.9 Å². The highest BCUT2D eigenvalue weighted by Crippen LogP contribution is 2.20. The Morgan fingerprint density at radius 2 is 2.33 bits per heavy atom. The number of anilines is 1. The molecule has 0 aliphatic heterocycles. The van der Waals surface area contributed by atoms with Crippen molar-refractivity contribution in [3.63, 3.8) is 0 Å². The summed E-state index contributed by atoms with van der Waals surface area (Å²) in [4.78, 5) is 14.0. The molecule has 0 aliphatic rings. The largest absolute Gasteiger partial charge is 0.382 e. The molecular formula is C6H5IN4O. The van der Waals surface area contributed by atoms with E-state index in [9.17, 15) is 4.79 Å². The Hall–Kier alpha value is -1.05. The van der Waals surface area contributed by atoms with Crippen LogP contribution in [0.1, 0.15) is 0 Å². The number of rotatable bonds is 0. The summed E-state index contributed by atoms with van der Waals surface area (Å²) < 4.78 is 0.902. The van der Waals surface area contributed by atoms with E-state index in [1.54, 1.807) is 6.20 Å². The third-order valence-corrected chi connectivity index (χ3v) is 2.44. The molecule has 0 radical (unpaired) electrons. The Morgan fingerprint density at radius 1 is 1.58 bits per heavy atom. The molecule has 0 saturated heterocycles. The van der Waals surface area contributed by atoms with Crippen LogP contribution in [-0.4, -0.2) is 15.2 Å². The lowest BCUT2D eigenvalue weighted by molar-refractivity contribution is 1.02. The van der Waals surface area contributed by atoms with Crippen LogP contribution in [0.4, 0.5) is 5.82 Å². The number of nitrogens with two attached hydrogens (primary N) is 1. The summed E-state index contributed by atoms with van der Waals surface area (Å²) in [7, 11) is 0. The molecule has 2 rings (SSSR count). The zero-order valence-corrected chi connectivity index (χ0v) is 8.05. The van der Waals surface area contributed by atoms with Crippen molar-refractivity contribution in [3.8, 4) is 0 Å². The maximum absolute atomic E-state index is 11.1. The van der Waals surface area contributed by atoms with Crippen LogP contribution >= 0.6 is 22.6 Å². The number of fused-ring (bicyclic) bond motifs is 1. The van der Waals surface area contributed by atoms with Gasteiger partial charge in [-0.05, 0) is 22.6 Å². The Bertz CT molecular complexity index is 486. The fourth-order valence-corrected chi connectivity index (χ4v) is 1.75. The second kappa shape index (κ2) is 2.47. The van der Waals surface area contributed by atoms with Crippen LogP contribution in [0.5, 0.6) is 0 Å². The van der Waals surface area contributed by atoms with Gasteiger partial charge < -0.3 is 10.7 Å². The molecule has 62 valence electrons. The van der Waals surface area contributed by atoms with Gasteiger partial charge in [-0.1, -0.05) is 0 Å². The summed E-state index contributed by atoms with van der Waals surface area (Å²) in [5.74, 6) is 0.343. The third-order valence-electron chi connectivity index (χ3n) is 1.59. The van der Waals surface area contributed by atoms with Crippen molar-refractivity contribution >= 4 is 39.3 Å². The Morgan fingerprint density at radius 3 is 3.00 bits per heavy atom. The molecule has 0 spiro atoms. The molecule has 0 saturated carbocycles. The second-order valence-electron chi connectivity index (χ2n) is 2.32. The summed E-state index contributed by atoms with van der Waals surface area (Å²) in [6, 6.07) is 0. The molecule has 0 amide bonds. The van der Waals surface area contributed by atoms with Crippen LogP contribution in [0.3, 0.4) is 0 Å². The molecule has 4 N–H and O–H groups in total. The van der Waals surface area contributed by atoms with Crippen molar-refractivity contribution < 1.29 is 0 Å². The van der Waals surface area contributed by atoms with Crippen molar-refractivity contribution in [2.24, 2.45) is 0 Å². The minimum Gasteiger partial charge on any atom is -0.382 e. The molecule has 0 aromatic carbocycles. The van der Waals surface area contributed by atoms with E-state index in [4.69, 9.17) is 5.73 Å². The van der Waals surface area contributed by atoms with E-state index in [2.05, 4.69) is 37.8 Å². The zero-order chi connectivity index (χ0) is 8.72. The number of nitrogen functional groups attached to an aromatic ring is 1. The van der Waals surface area contributed by atoms with E-state index in [1.807, 2.05) is 0 Å².